The second-order valence-corrected chi connectivity index (χ2v) is 7.52. The zero-order chi connectivity index (χ0) is 19.9. The molecule has 8 nitrogen and oxygen atoms in total. The first kappa shape index (κ1) is 20.4. The van der Waals surface area contributed by atoms with Gasteiger partial charge in [-0.3, -0.25) is 4.79 Å². The summed E-state index contributed by atoms with van der Waals surface area (Å²) in [5, 5.41) is 3.85. The van der Waals surface area contributed by atoms with Gasteiger partial charge in [0, 0.05) is 12.6 Å². The van der Waals surface area contributed by atoms with Crippen molar-refractivity contribution in [2.24, 2.45) is 5.10 Å². The Kier molecular flexibility index (Phi) is 6.91. The van der Waals surface area contributed by atoms with Crippen molar-refractivity contribution in [3.63, 3.8) is 0 Å². The van der Waals surface area contributed by atoms with Crippen LogP contribution in [0.5, 0.6) is 11.5 Å². The third-order valence-electron chi connectivity index (χ3n) is 3.65. The molecule has 0 unspecified atom stereocenters. The van der Waals surface area contributed by atoms with Gasteiger partial charge in [-0.2, -0.15) is 9.41 Å². The van der Waals surface area contributed by atoms with Crippen LogP contribution < -0.4 is 14.9 Å². The Bertz CT molecular complexity index is 914. The van der Waals surface area contributed by atoms with Crippen molar-refractivity contribution in [3.05, 3.63) is 54.1 Å². The summed E-state index contributed by atoms with van der Waals surface area (Å²) in [6.07, 6.45) is 1.39. The molecule has 1 amide bonds. The minimum Gasteiger partial charge on any atom is -0.497 e. The lowest BCUT2D eigenvalue weighted by Crippen LogP contribution is -2.36. The molecule has 2 aromatic rings. The first-order valence-electron chi connectivity index (χ1n) is 7.94. The van der Waals surface area contributed by atoms with Crippen LogP contribution in [0.25, 0.3) is 0 Å². The van der Waals surface area contributed by atoms with Gasteiger partial charge in [-0.25, -0.2) is 13.8 Å². The number of carbonyl (C=O) groups excluding carboxylic acids is 1. The van der Waals surface area contributed by atoms with Gasteiger partial charge >= 0.3 is 0 Å². The molecule has 0 bridgehead atoms. The fourth-order valence-electron chi connectivity index (χ4n) is 2.21. The molecule has 27 heavy (non-hydrogen) atoms. The third-order valence-corrected chi connectivity index (χ3v) is 5.47. The molecule has 0 aliphatic rings. The first-order chi connectivity index (χ1) is 12.9. The number of nitrogens with one attached hydrogen (secondary N) is 1. The SMILES string of the molecule is COc1ccc(OC)c(/C=N\NC(=O)CN(C)S(=O)(=O)c2ccccc2)c1. The van der Waals surface area contributed by atoms with Gasteiger partial charge in [-0.15, -0.1) is 0 Å². The van der Waals surface area contributed by atoms with Gasteiger partial charge < -0.3 is 9.47 Å². The Morgan fingerprint density at radius 2 is 1.85 bits per heavy atom. The van der Waals surface area contributed by atoms with Crippen LogP contribution in [0.2, 0.25) is 0 Å². The summed E-state index contributed by atoms with van der Waals surface area (Å²) in [6.45, 7) is -0.371. The molecule has 0 saturated carbocycles. The van der Waals surface area contributed by atoms with Crippen LogP contribution in [0.3, 0.4) is 0 Å². The monoisotopic (exact) mass is 391 g/mol. The third kappa shape index (κ3) is 5.28. The number of ether oxygens (including phenoxy) is 2. The summed E-state index contributed by atoms with van der Waals surface area (Å²) < 4.78 is 36.1. The highest BCUT2D eigenvalue weighted by Gasteiger charge is 2.22. The second kappa shape index (κ2) is 9.15. The Labute approximate surface area is 158 Å². The highest BCUT2D eigenvalue weighted by Crippen LogP contribution is 2.22. The fourth-order valence-corrected chi connectivity index (χ4v) is 3.36. The van der Waals surface area contributed by atoms with Gasteiger partial charge in [0.15, 0.2) is 0 Å². The Morgan fingerprint density at radius 3 is 2.48 bits per heavy atom. The molecule has 0 aromatic heterocycles. The number of methoxy groups -OCH3 is 2. The number of benzene rings is 2. The summed E-state index contributed by atoms with van der Waals surface area (Å²) in [7, 11) is 0.633. The summed E-state index contributed by atoms with van der Waals surface area (Å²) in [4.78, 5) is 12.1. The van der Waals surface area contributed by atoms with Gasteiger partial charge in [0.25, 0.3) is 5.91 Å². The van der Waals surface area contributed by atoms with E-state index in [2.05, 4.69) is 10.5 Å². The summed E-state index contributed by atoms with van der Waals surface area (Å²) in [6, 6.07) is 13.0. The number of hydrogen-bond acceptors (Lipinski definition) is 6. The van der Waals surface area contributed by atoms with Crippen LogP contribution in [0.1, 0.15) is 5.56 Å². The molecule has 2 aromatic carbocycles. The number of hydrazone groups is 1. The molecule has 0 atom stereocenters. The van der Waals surface area contributed by atoms with Crippen molar-refractivity contribution in [1.29, 1.82) is 0 Å². The maximum absolute atomic E-state index is 12.4. The molecular formula is C18H21N3O5S. The van der Waals surface area contributed by atoms with Gasteiger partial charge in [-0.05, 0) is 30.3 Å². The number of rotatable bonds is 8. The van der Waals surface area contributed by atoms with Crippen LogP contribution in [0.15, 0.2) is 58.5 Å². The summed E-state index contributed by atoms with van der Waals surface area (Å²) >= 11 is 0. The lowest BCUT2D eigenvalue weighted by atomic mass is 10.2. The van der Waals surface area contributed by atoms with Gasteiger partial charge in [0.1, 0.15) is 11.5 Å². The number of hydrogen-bond donors (Lipinski definition) is 1. The summed E-state index contributed by atoms with van der Waals surface area (Å²) in [5.41, 5.74) is 2.90. The second-order valence-electron chi connectivity index (χ2n) is 5.48. The normalized spacial score (nSPS) is 11.6. The number of likely N-dealkylation sites (N-methyl/N-ethyl adjacent to an activating group) is 1. The van der Waals surface area contributed by atoms with Crippen molar-refractivity contribution in [1.82, 2.24) is 9.73 Å². The maximum Gasteiger partial charge on any atom is 0.255 e. The molecule has 1 N–H and O–H groups in total. The van der Waals surface area contributed by atoms with E-state index in [4.69, 9.17) is 9.47 Å². The van der Waals surface area contributed by atoms with Gasteiger partial charge in [-0.1, -0.05) is 18.2 Å². The predicted molar refractivity (Wildman–Crippen MR) is 102 cm³/mol. The van der Waals surface area contributed by atoms with Crippen LogP contribution in [0.4, 0.5) is 0 Å². The lowest BCUT2D eigenvalue weighted by Gasteiger charge is -2.15. The summed E-state index contributed by atoms with van der Waals surface area (Å²) in [5.74, 6) is 0.588. The zero-order valence-corrected chi connectivity index (χ0v) is 16.1. The average Bonchev–Trinajstić information content (AvgIpc) is 2.68. The lowest BCUT2D eigenvalue weighted by molar-refractivity contribution is -0.121. The van der Waals surface area contributed by atoms with Gasteiger partial charge in [0.05, 0.1) is 31.9 Å². The first-order valence-corrected chi connectivity index (χ1v) is 9.38. The van der Waals surface area contributed by atoms with Crippen LogP contribution >= 0.6 is 0 Å². The molecule has 0 heterocycles. The van der Waals surface area contributed by atoms with Crippen molar-refractivity contribution in [2.75, 3.05) is 27.8 Å². The smallest absolute Gasteiger partial charge is 0.255 e. The minimum absolute atomic E-state index is 0.116. The van der Waals surface area contributed by atoms with E-state index in [1.165, 1.54) is 39.6 Å². The molecule has 0 aliphatic heterocycles. The molecule has 0 saturated heterocycles. The topological polar surface area (TPSA) is 97.3 Å². The minimum atomic E-state index is -3.75. The Balaban J connectivity index is 2.01. The number of nitrogens with zero attached hydrogens (tertiary/aromatic N) is 2. The van der Waals surface area contributed by atoms with Crippen LogP contribution in [-0.2, 0) is 14.8 Å². The highest BCUT2D eigenvalue weighted by molar-refractivity contribution is 7.89. The Hall–Kier alpha value is -2.91. The van der Waals surface area contributed by atoms with Crippen LogP contribution in [0, 0.1) is 0 Å². The average molecular weight is 391 g/mol. The Morgan fingerprint density at radius 1 is 1.15 bits per heavy atom. The van der Waals surface area contributed by atoms with Crippen molar-refractivity contribution in [2.45, 2.75) is 4.90 Å². The molecule has 0 radical (unpaired) electrons. The largest absolute Gasteiger partial charge is 0.497 e. The number of amides is 1. The van der Waals surface area contributed by atoms with E-state index in [-0.39, 0.29) is 11.4 Å². The van der Waals surface area contributed by atoms with E-state index >= 15 is 0 Å². The predicted octanol–water partition coefficient (Wildman–Crippen LogP) is 1.47. The molecule has 144 valence electrons. The number of sulfonamides is 1. The van der Waals surface area contributed by atoms with Crippen molar-refractivity contribution >= 4 is 22.1 Å². The van der Waals surface area contributed by atoms with Crippen molar-refractivity contribution in [3.8, 4) is 11.5 Å². The molecule has 2 rings (SSSR count). The molecule has 9 heteroatoms. The zero-order valence-electron chi connectivity index (χ0n) is 15.2. The number of carbonyl (C=O) groups is 1. The standard InChI is InChI=1S/C18H21N3O5S/c1-21(27(23,24)16-7-5-4-6-8-16)13-18(22)20-19-12-14-11-15(25-2)9-10-17(14)26-3/h4-12H,13H2,1-3H3,(H,20,22)/b19-12-. The van der Waals surface area contributed by atoms with E-state index in [0.29, 0.717) is 17.1 Å². The van der Waals surface area contributed by atoms with E-state index in [9.17, 15) is 13.2 Å². The van der Waals surface area contributed by atoms with Crippen molar-refractivity contribution < 1.29 is 22.7 Å². The van der Waals surface area contributed by atoms with Gasteiger partial charge in [0.2, 0.25) is 10.0 Å². The molecule has 0 fully saturated rings. The molecular weight excluding hydrogens is 370 g/mol. The van der Waals surface area contributed by atoms with E-state index in [0.717, 1.165) is 4.31 Å². The quantitative estimate of drug-likeness (QED) is 0.543. The fraction of sp³-hybridized carbons (Fsp3) is 0.222. The van der Waals surface area contributed by atoms with E-state index < -0.39 is 15.9 Å². The molecule has 0 spiro atoms. The van der Waals surface area contributed by atoms with Crippen LogP contribution in [-0.4, -0.2) is 52.7 Å². The molecule has 0 aliphatic carbocycles. The highest BCUT2D eigenvalue weighted by atomic mass is 32.2. The van der Waals surface area contributed by atoms with E-state index in [1.807, 2.05) is 0 Å². The maximum atomic E-state index is 12.4. The van der Waals surface area contributed by atoms with E-state index in [1.54, 1.807) is 36.4 Å².